The molecular weight excluding hydrogens is 276 g/mol. The van der Waals surface area contributed by atoms with Crippen LogP contribution in [0.15, 0.2) is 30.3 Å². The molecule has 108 valence electrons. The fraction of sp³-hybridized carbons (Fsp3) is 0.200. The maximum Gasteiger partial charge on any atom is 0.215 e. The van der Waals surface area contributed by atoms with Gasteiger partial charge in [0.25, 0.3) is 0 Å². The first kappa shape index (κ1) is 13.5. The fourth-order valence-corrected chi connectivity index (χ4v) is 2.10. The van der Waals surface area contributed by atoms with Crippen LogP contribution in [0.1, 0.15) is 18.3 Å². The monoisotopic (exact) mass is 289 g/mol. The molecule has 0 amide bonds. The summed E-state index contributed by atoms with van der Waals surface area (Å²) in [6, 6.07) is 7.63. The van der Waals surface area contributed by atoms with Gasteiger partial charge in [0.1, 0.15) is 5.82 Å². The van der Waals surface area contributed by atoms with E-state index < -0.39 is 11.6 Å². The zero-order chi connectivity index (χ0) is 14.8. The maximum atomic E-state index is 13.7. The van der Waals surface area contributed by atoms with Crippen molar-refractivity contribution in [2.24, 2.45) is 0 Å². The summed E-state index contributed by atoms with van der Waals surface area (Å²) < 4.78 is 32.1. The van der Waals surface area contributed by atoms with E-state index >= 15 is 0 Å². The number of hydrogen-bond acceptors (Lipinski definition) is 3. The smallest absolute Gasteiger partial charge is 0.215 e. The van der Waals surface area contributed by atoms with Crippen molar-refractivity contribution in [1.82, 2.24) is 15.0 Å². The lowest BCUT2D eigenvalue weighted by molar-refractivity contribution is 0.328. The Hall–Kier alpha value is -2.50. The Balaban J connectivity index is 1.92. The van der Waals surface area contributed by atoms with E-state index in [1.807, 2.05) is 6.92 Å². The van der Waals surface area contributed by atoms with E-state index in [-0.39, 0.29) is 12.0 Å². The first-order valence-electron chi connectivity index (χ1n) is 6.58. The van der Waals surface area contributed by atoms with Crippen molar-refractivity contribution in [3.63, 3.8) is 0 Å². The highest BCUT2D eigenvalue weighted by atomic mass is 19.2. The van der Waals surface area contributed by atoms with Crippen LogP contribution in [0.3, 0.4) is 0 Å². The summed E-state index contributed by atoms with van der Waals surface area (Å²) in [4.78, 5) is 11.6. The van der Waals surface area contributed by atoms with Crippen LogP contribution in [0.2, 0.25) is 0 Å². The second-order valence-electron chi connectivity index (χ2n) is 4.53. The highest BCUT2D eigenvalue weighted by Gasteiger charge is 2.11. The van der Waals surface area contributed by atoms with Crippen LogP contribution in [0.25, 0.3) is 11.2 Å². The molecule has 0 saturated heterocycles. The van der Waals surface area contributed by atoms with E-state index in [4.69, 9.17) is 4.74 Å². The van der Waals surface area contributed by atoms with Gasteiger partial charge >= 0.3 is 0 Å². The number of nitrogens with zero attached hydrogens (tertiary/aromatic N) is 2. The molecule has 1 N–H and O–H groups in total. The fourth-order valence-electron chi connectivity index (χ4n) is 2.10. The minimum absolute atomic E-state index is 0.171. The Labute approximate surface area is 119 Å². The van der Waals surface area contributed by atoms with E-state index in [1.54, 1.807) is 12.1 Å². The summed E-state index contributed by atoms with van der Waals surface area (Å²) in [5.41, 5.74) is 1.47. The molecule has 0 radical (unpaired) electrons. The number of aromatic nitrogens is 3. The number of imidazole rings is 1. The summed E-state index contributed by atoms with van der Waals surface area (Å²) in [5.74, 6) is -0.697. The standard InChI is InChI=1S/C15H13F2N3O/c1-2-21-13-7-6-11-15(20-13)19-12(18-11)8-9-4-3-5-10(16)14(9)17/h3-7H,2,8H2,1H3,(H,18,19,20). The summed E-state index contributed by atoms with van der Waals surface area (Å²) in [7, 11) is 0. The molecule has 0 atom stereocenters. The number of rotatable bonds is 4. The molecule has 21 heavy (non-hydrogen) atoms. The van der Waals surface area contributed by atoms with Gasteiger partial charge in [0.2, 0.25) is 5.88 Å². The third-order valence-corrected chi connectivity index (χ3v) is 3.05. The number of nitrogens with one attached hydrogen (secondary N) is 1. The number of fused-ring (bicyclic) bond motifs is 1. The number of halogens is 2. The number of ether oxygens (including phenoxy) is 1. The molecule has 2 aromatic heterocycles. The molecule has 0 spiro atoms. The van der Waals surface area contributed by atoms with Crippen LogP contribution in [0.4, 0.5) is 8.78 Å². The Kier molecular flexibility index (Phi) is 3.51. The van der Waals surface area contributed by atoms with E-state index in [1.165, 1.54) is 12.1 Å². The summed E-state index contributed by atoms with van der Waals surface area (Å²) >= 11 is 0. The zero-order valence-corrected chi connectivity index (χ0v) is 11.4. The number of H-pyrrole nitrogens is 1. The summed E-state index contributed by atoms with van der Waals surface area (Å²) in [6.07, 6.45) is 0.171. The predicted molar refractivity (Wildman–Crippen MR) is 74.2 cm³/mol. The minimum Gasteiger partial charge on any atom is -0.478 e. The van der Waals surface area contributed by atoms with Crippen LogP contribution in [-0.4, -0.2) is 21.6 Å². The second-order valence-corrected chi connectivity index (χ2v) is 4.53. The Morgan fingerprint density at radius 3 is 2.81 bits per heavy atom. The van der Waals surface area contributed by atoms with Crippen molar-refractivity contribution in [2.45, 2.75) is 13.3 Å². The molecule has 3 rings (SSSR count). The molecule has 0 aliphatic rings. The predicted octanol–water partition coefficient (Wildman–Crippen LogP) is 3.23. The van der Waals surface area contributed by atoms with Crippen LogP contribution in [0, 0.1) is 11.6 Å². The molecule has 2 heterocycles. The van der Waals surface area contributed by atoms with Gasteiger partial charge in [-0.25, -0.2) is 13.8 Å². The van der Waals surface area contributed by atoms with Crippen LogP contribution in [0.5, 0.6) is 5.88 Å². The molecule has 0 fully saturated rings. The van der Waals surface area contributed by atoms with Crippen LogP contribution < -0.4 is 4.74 Å². The van der Waals surface area contributed by atoms with E-state index in [2.05, 4.69) is 15.0 Å². The van der Waals surface area contributed by atoms with Gasteiger partial charge in [-0.1, -0.05) is 12.1 Å². The Morgan fingerprint density at radius 1 is 1.14 bits per heavy atom. The lowest BCUT2D eigenvalue weighted by Gasteiger charge is -2.00. The maximum absolute atomic E-state index is 13.7. The lowest BCUT2D eigenvalue weighted by Crippen LogP contribution is -1.97. The number of aromatic amines is 1. The van der Waals surface area contributed by atoms with Gasteiger partial charge < -0.3 is 9.72 Å². The average molecular weight is 289 g/mol. The molecule has 3 aromatic rings. The molecule has 0 saturated carbocycles. The van der Waals surface area contributed by atoms with Crippen molar-refractivity contribution in [3.8, 4) is 5.88 Å². The third-order valence-electron chi connectivity index (χ3n) is 3.05. The average Bonchev–Trinajstić information content (AvgIpc) is 2.86. The highest BCUT2D eigenvalue weighted by molar-refractivity contribution is 5.71. The van der Waals surface area contributed by atoms with Gasteiger partial charge in [0.15, 0.2) is 17.3 Å². The summed E-state index contributed by atoms with van der Waals surface area (Å²) in [6.45, 7) is 2.39. The van der Waals surface area contributed by atoms with Gasteiger partial charge in [-0.2, -0.15) is 4.98 Å². The number of pyridine rings is 1. The third kappa shape index (κ3) is 2.69. The molecule has 0 aliphatic carbocycles. The minimum atomic E-state index is -0.861. The van der Waals surface area contributed by atoms with E-state index in [0.717, 1.165) is 11.6 Å². The van der Waals surface area contributed by atoms with Gasteiger partial charge in [-0.3, -0.25) is 0 Å². The molecule has 4 nitrogen and oxygen atoms in total. The van der Waals surface area contributed by atoms with Gasteiger partial charge in [0, 0.05) is 12.5 Å². The van der Waals surface area contributed by atoms with Crippen molar-refractivity contribution in [3.05, 3.63) is 53.4 Å². The molecule has 1 aromatic carbocycles. The van der Waals surface area contributed by atoms with Crippen LogP contribution in [-0.2, 0) is 6.42 Å². The zero-order valence-electron chi connectivity index (χ0n) is 11.4. The number of benzene rings is 1. The van der Waals surface area contributed by atoms with Gasteiger partial charge in [-0.05, 0) is 24.6 Å². The van der Waals surface area contributed by atoms with Crippen molar-refractivity contribution in [2.75, 3.05) is 6.61 Å². The van der Waals surface area contributed by atoms with Gasteiger partial charge in [-0.15, -0.1) is 0 Å². The molecule has 0 aliphatic heterocycles. The van der Waals surface area contributed by atoms with Crippen LogP contribution >= 0.6 is 0 Å². The first-order valence-corrected chi connectivity index (χ1v) is 6.58. The molecule has 6 heteroatoms. The highest BCUT2D eigenvalue weighted by Crippen LogP contribution is 2.18. The Morgan fingerprint density at radius 2 is 2.00 bits per heavy atom. The molecular formula is C15H13F2N3O. The van der Waals surface area contributed by atoms with Crippen molar-refractivity contribution in [1.29, 1.82) is 0 Å². The largest absolute Gasteiger partial charge is 0.478 e. The second kappa shape index (κ2) is 5.47. The topological polar surface area (TPSA) is 50.8 Å². The normalized spacial score (nSPS) is 11.0. The Bertz CT molecular complexity index is 786. The van der Waals surface area contributed by atoms with E-state index in [9.17, 15) is 8.78 Å². The quantitative estimate of drug-likeness (QED) is 0.802. The lowest BCUT2D eigenvalue weighted by atomic mass is 10.1. The van der Waals surface area contributed by atoms with E-state index in [0.29, 0.717) is 24.0 Å². The molecule has 0 unspecified atom stereocenters. The van der Waals surface area contributed by atoms with Gasteiger partial charge in [0.05, 0.1) is 12.1 Å². The SMILES string of the molecule is CCOc1ccc2[nH]c(Cc3cccc(F)c3F)nc2n1. The number of hydrogen-bond donors (Lipinski definition) is 1. The first-order chi connectivity index (χ1) is 10.2. The summed E-state index contributed by atoms with van der Waals surface area (Å²) in [5, 5.41) is 0. The van der Waals surface area contributed by atoms with Crippen molar-refractivity contribution >= 4 is 11.2 Å². The van der Waals surface area contributed by atoms with Crippen molar-refractivity contribution < 1.29 is 13.5 Å². The molecule has 0 bridgehead atoms.